The van der Waals surface area contributed by atoms with Gasteiger partial charge in [-0.1, -0.05) is 20.8 Å². The third-order valence-electron chi connectivity index (χ3n) is 2.78. The van der Waals surface area contributed by atoms with Crippen molar-refractivity contribution in [1.29, 1.82) is 0 Å². The zero-order valence-electron chi connectivity index (χ0n) is 11.6. The van der Waals surface area contributed by atoms with Crippen molar-refractivity contribution in [3.05, 3.63) is 0 Å². The lowest BCUT2D eigenvalue weighted by atomic mass is 9.94. The summed E-state index contributed by atoms with van der Waals surface area (Å²) in [6.45, 7) is 8.83. The average molecular weight is 244 g/mol. The molecule has 0 fully saturated rings. The number of carbonyl (C=O) groups is 1. The maximum atomic E-state index is 11.5. The van der Waals surface area contributed by atoms with E-state index in [0.29, 0.717) is 37.8 Å². The summed E-state index contributed by atoms with van der Waals surface area (Å²) in [4.78, 5) is 11.5. The number of hydrogen-bond acceptors (Lipinski definition) is 3. The molecule has 0 spiro atoms. The smallest absolute Gasteiger partial charge is 0.220 e. The van der Waals surface area contributed by atoms with E-state index in [9.17, 15) is 9.90 Å². The van der Waals surface area contributed by atoms with Crippen LogP contribution < -0.4 is 11.1 Å². The van der Waals surface area contributed by atoms with Gasteiger partial charge in [0.1, 0.15) is 0 Å². The minimum absolute atomic E-state index is 0.00525. The van der Waals surface area contributed by atoms with Gasteiger partial charge in [-0.2, -0.15) is 0 Å². The Balaban J connectivity index is 3.83. The second-order valence-electron chi connectivity index (χ2n) is 5.75. The second kappa shape index (κ2) is 7.67. The molecule has 0 saturated heterocycles. The molecule has 2 unspecified atom stereocenters. The van der Waals surface area contributed by atoms with Crippen LogP contribution in [0.3, 0.4) is 0 Å². The number of rotatable bonds is 8. The summed E-state index contributed by atoms with van der Waals surface area (Å²) in [7, 11) is 0. The molecule has 0 saturated carbocycles. The Morgan fingerprint density at radius 2 is 2.00 bits per heavy atom. The topological polar surface area (TPSA) is 75.3 Å². The van der Waals surface area contributed by atoms with Gasteiger partial charge >= 0.3 is 0 Å². The summed E-state index contributed by atoms with van der Waals surface area (Å²) in [6, 6.07) is 0. The molecule has 0 aliphatic heterocycles. The minimum atomic E-state index is -0.816. The molecule has 4 heteroatoms. The van der Waals surface area contributed by atoms with E-state index in [1.54, 1.807) is 6.92 Å². The van der Waals surface area contributed by atoms with Gasteiger partial charge in [0, 0.05) is 13.0 Å². The van der Waals surface area contributed by atoms with E-state index in [2.05, 4.69) is 19.2 Å². The highest BCUT2D eigenvalue weighted by molar-refractivity contribution is 5.75. The van der Waals surface area contributed by atoms with Crippen LogP contribution in [-0.2, 0) is 4.79 Å². The van der Waals surface area contributed by atoms with Crippen LogP contribution in [-0.4, -0.2) is 29.7 Å². The molecule has 2 atom stereocenters. The van der Waals surface area contributed by atoms with Crippen molar-refractivity contribution in [1.82, 2.24) is 5.32 Å². The first-order valence-corrected chi connectivity index (χ1v) is 6.46. The molecule has 0 aliphatic carbocycles. The Morgan fingerprint density at radius 1 is 1.41 bits per heavy atom. The Morgan fingerprint density at radius 3 is 2.47 bits per heavy atom. The zero-order chi connectivity index (χ0) is 13.5. The second-order valence-corrected chi connectivity index (χ2v) is 5.75. The van der Waals surface area contributed by atoms with E-state index >= 15 is 0 Å². The molecule has 4 N–H and O–H groups in total. The molecule has 102 valence electrons. The third-order valence-corrected chi connectivity index (χ3v) is 2.78. The monoisotopic (exact) mass is 244 g/mol. The molecular formula is C13H28N2O2. The summed E-state index contributed by atoms with van der Waals surface area (Å²) < 4.78 is 0. The fraction of sp³-hybridized carbons (Fsp3) is 0.923. The third kappa shape index (κ3) is 9.12. The molecule has 4 nitrogen and oxygen atoms in total. The molecule has 0 radical (unpaired) electrons. The lowest BCUT2D eigenvalue weighted by Gasteiger charge is -2.25. The predicted octanol–water partition coefficient (Wildman–Crippen LogP) is 1.27. The van der Waals surface area contributed by atoms with Crippen LogP contribution in [0.4, 0.5) is 0 Å². The summed E-state index contributed by atoms with van der Waals surface area (Å²) in [5.74, 6) is 0.783. The highest BCUT2D eigenvalue weighted by atomic mass is 16.3. The van der Waals surface area contributed by atoms with E-state index in [0.717, 1.165) is 6.42 Å². The number of hydrogen-bond donors (Lipinski definition) is 3. The van der Waals surface area contributed by atoms with Gasteiger partial charge in [0.2, 0.25) is 5.91 Å². The van der Waals surface area contributed by atoms with E-state index in [4.69, 9.17) is 5.73 Å². The van der Waals surface area contributed by atoms with Gasteiger partial charge in [0.05, 0.1) is 5.60 Å². The summed E-state index contributed by atoms with van der Waals surface area (Å²) in [6.07, 6.45) is 1.97. The van der Waals surface area contributed by atoms with Gasteiger partial charge in [-0.05, 0) is 38.1 Å². The van der Waals surface area contributed by atoms with Gasteiger partial charge in [-0.3, -0.25) is 4.79 Å². The molecule has 0 heterocycles. The van der Waals surface area contributed by atoms with E-state index < -0.39 is 5.60 Å². The molecule has 0 aliphatic rings. The van der Waals surface area contributed by atoms with Crippen molar-refractivity contribution in [2.75, 3.05) is 13.1 Å². The SMILES string of the molecule is CC(C)CC(C)(O)CNC(=O)CCC(C)CN. The van der Waals surface area contributed by atoms with Crippen LogP contribution in [0.25, 0.3) is 0 Å². The normalized spacial score (nSPS) is 16.6. The largest absolute Gasteiger partial charge is 0.388 e. The van der Waals surface area contributed by atoms with Gasteiger partial charge in [0.25, 0.3) is 0 Å². The number of aliphatic hydroxyl groups is 1. The lowest BCUT2D eigenvalue weighted by molar-refractivity contribution is -0.122. The van der Waals surface area contributed by atoms with E-state index in [1.807, 2.05) is 6.92 Å². The number of nitrogens with one attached hydrogen (secondary N) is 1. The fourth-order valence-corrected chi connectivity index (χ4v) is 1.82. The lowest BCUT2D eigenvalue weighted by Crippen LogP contribution is -2.41. The number of carbonyl (C=O) groups excluding carboxylic acids is 1. The van der Waals surface area contributed by atoms with Crippen LogP contribution in [0.5, 0.6) is 0 Å². The average Bonchev–Trinajstić information content (AvgIpc) is 2.21. The quantitative estimate of drug-likeness (QED) is 0.602. The maximum Gasteiger partial charge on any atom is 0.220 e. The first-order valence-electron chi connectivity index (χ1n) is 6.46. The highest BCUT2D eigenvalue weighted by Gasteiger charge is 2.22. The zero-order valence-corrected chi connectivity index (χ0v) is 11.6. The Hall–Kier alpha value is -0.610. The molecule has 0 aromatic carbocycles. The maximum absolute atomic E-state index is 11.5. The standard InChI is InChI=1S/C13H28N2O2/c1-10(2)7-13(4,17)9-15-12(16)6-5-11(3)8-14/h10-11,17H,5-9,14H2,1-4H3,(H,15,16). The predicted molar refractivity (Wildman–Crippen MR) is 70.5 cm³/mol. The van der Waals surface area contributed by atoms with Gasteiger partial charge in [-0.15, -0.1) is 0 Å². The van der Waals surface area contributed by atoms with E-state index in [-0.39, 0.29) is 5.91 Å². The van der Waals surface area contributed by atoms with Crippen molar-refractivity contribution in [3.8, 4) is 0 Å². The van der Waals surface area contributed by atoms with Crippen LogP contribution in [0.2, 0.25) is 0 Å². The molecule has 17 heavy (non-hydrogen) atoms. The molecule has 0 aromatic rings. The molecular weight excluding hydrogens is 216 g/mol. The first kappa shape index (κ1) is 16.4. The van der Waals surface area contributed by atoms with Crippen molar-refractivity contribution < 1.29 is 9.90 Å². The van der Waals surface area contributed by atoms with Crippen molar-refractivity contribution >= 4 is 5.91 Å². The van der Waals surface area contributed by atoms with Crippen molar-refractivity contribution in [3.63, 3.8) is 0 Å². The van der Waals surface area contributed by atoms with Crippen LogP contribution in [0.1, 0.15) is 47.0 Å². The Kier molecular flexibility index (Phi) is 7.39. The fourth-order valence-electron chi connectivity index (χ4n) is 1.82. The summed E-state index contributed by atoms with van der Waals surface area (Å²) in [5.41, 5.74) is 4.67. The van der Waals surface area contributed by atoms with Crippen molar-refractivity contribution in [2.24, 2.45) is 17.6 Å². The summed E-state index contributed by atoms with van der Waals surface area (Å²) in [5, 5.41) is 12.8. The first-order chi connectivity index (χ1) is 7.76. The molecule has 0 bridgehead atoms. The minimum Gasteiger partial charge on any atom is -0.388 e. The highest BCUT2D eigenvalue weighted by Crippen LogP contribution is 2.15. The molecule has 0 aromatic heterocycles. The number of nitrogens with two attached hydrogens (primary N) is 1. The Bertz CT molecular complexity index is 227. The van der Waals surface area contributed by atoms with E-state index in [1.165, 1.54) is 0 Å². The Labute approximate surface area is 105 Å². The van der Waals surface area contributed by atoms with Crippen LogP contribution in [0, 0.1) is 11.8 Å². The van der Waals surface area contributed by atoms with Gasteiger partial charge in [0.15, 0.2) is 0 Å². The van der Waals surface area contributed by atoms with Crippen molar-refractivity contribution in [2.45, 2.75) is 52.6 Å². The van der Waals surface area contributed by atoms with Gasteiger partial charge in [-0.25, -0.2) is 0 Å². The van der Waals surface area contributed by atoms with Gasteiger partial charge < -0.3 is 16.2 Å². The van der Waals surface area contributed by atoms with Crippen LogP contribution >= 0.6 is 0 Å². The molecule has 0 rings (SSSR count). The summed E-state index contributed by atoms with van der Waals surface area (Å²) >= 11 is 0. The van der Waals surface area contributed by atoms with Crippen LogP contribution in [0.15, 0.2) is 0 Å². The number of amides is 1. The molecule has 1 amide bonds.